The number of rotatable bonds is 6. The van der Waals surface area contributed by atoms with Gasteiger partial charge >= 0.3 is 0 Å². The molecule has 0 amide bonds. The molecule has 2 heterocycles. The first kappa shape index (κ1) is 13.0. The van der Waals surface area contributed by atoms with Crippen LogP contribution in [-0.2, 0) is 6.54 Å². The van der Waals surface area contributed by atoms with Crippen molar-refractivity contribution in [1.29, 1.82) is 0 Å². The Hall–Kier alpha value is -0.450. The van der Waals surface area contributed by atoms with Crippen LogP contribution in [0.2, 0.25) is 0 Å². The average molecular weight is 253 g/mol. The van der Waals surface area contributed by atoms with Crippen LogP contribution in [0.25, 0.3) is 0 Å². The second-order valence-electron chi connectivity index (χ2n) is 5.02. The molecule has 0 bridgehead atoms. The third-order valence-corrected chi connectivity index (χ3v) is 4.05. The van der Waals surface area contributed by atoms with E-state index in [1.807, 2.05) is 11.6 Å². The Kier molecular flexibility index (Phi) is 5.42. The molecule has 0 spiro atoms. The molecule has 1 unspecified atom stereocenters. The Bertz CT molecular complexity index is 294. The fourth-order valence-corrected chi connectivity index (χ4v) is 3.00. The molecule has 1 aliphatic rings. The van der Waals surface area contributed by atoms with Gasteiger partial charge in [-0.15, -0.1) is 11.3 Å². The first-order valence-electron chi connectivity index (χ1n) is 6.66. The van der Waals surface area contributed by atoms with Crippen LogP contribution in [-0.4, -0.2) is 36.1 Å². The van der Waals surface area contributed by atoms with Crippen LogP contribution in [0.1, 0.15) is 31.2 Å². The van der Waals surface area contributed by atoms with Crippen LogP contribution >= 0.6 is 11.3 Å². The number of aromatic nitrogens is 1. The molecular weight excluding hydrogens is 230 g/mol. The summed E-state index contributed by atoms with van der Waals surface area (Å²) in [6.07, 6.45) is 6.07. The van der Waals surface area contributed by atoms with E-state index in [0.29, 0.717) is 0 Å². The minimum atomic E-state index is 0.730. The minimum Gasteiger partial charge on any atom is -0.310 e. The van der Waals surface area contributed by atoms with E-state index in [1.165, 1.54) is 43.9 Å². The van der Waals surface area contributed by atoms with Gasteiger partial charge in [-0.1, -0.05) is 13.3 Å². The number of thiazole rings is 1. The van der Waals surface area contributed by atoms with Crippen molar-refractivity contribution in [3.8, 4) is 0 Å². The Morgan fingerprint density at radius 2 is 2.24 bits per heavy atom. The smallest absolute Gasteiger partial charge is 0.106 e. The monoisotopic (exact) mass is 253 g/mol. The quantitative estimate of drug-likeness (QED) is 0.843. The van der Waals surface area contributed by atoms with Crippen molar-refractivity contribution in [2.75, 3.05) is 26.2 Å². The van der Waals surface area contributed by atoms with E-state index in [-0.39, 0.29) is 0 Å². The summed E-state index contributed by atoms with van der Waals surface area (Å²) in [5.74, 6) is 0.730. The van der Waals surface area contributed by atoms with Gasteiger partial charge in [0, 0.05) is 24.7 Å². The fraction of sp³-hybridized carbons (Fsp3) is 0.769. The topological polar surface area (TPSA) is 28.2 Å². The van der Waals surface area contributed by atoms with Crippen molar-refractivity contribution in [3.05, 3.63) is 16.6 Å². The molecule has 1 saturated heterocycles. The number of hydrogen-bond donors (Lipinski definition) is 1. The van der Waals surface area contributed by atoms with Gasteiger partial charge in [-0.05, 0) is 38.4 Å². The third kappa shape index (κ3) is 4.74. The molecule has 0 aromatic carbocycles. The van der Waals surface area contributed by atoms with Gasteiger partial charge in [-0.3, -0.25) is 0 Å². The van der Waals surface area contributed by atoms with Gasteiger partial charge in [0.1, 0.15) is 5.01 Å². The summed E-state index contributed by atoms with van der Waals surface area (Å²) in [7, 11) is 0. The van der Waals surface area contributed by atoms with Gasteiger partial charge in [0.15, 0.2) is 0 Å². The highest BCUT2D eigenvalue weighted by molar-refractivity contribution is 7.09. The van der Waals surface area contributed by atoms with Crippen molar-refractivity contribution in [2.24, 2.45) is 5.92 Å². The number of likely N-dealkylation sites (tertiary alicyclic amines) is 1. The van der Waals surface area contributed by atoms with Gasteiger partial charge in [0.25, 0.3) is 0 Å². The summed E-state index contributed by atoms with van der Waals surface area (Å²) in [4.78, 5) is 6.88. The molecule has 2 rings (SSSR count). The molecule has 4 heteroatoms. The maximum absolute atomic E-state index is 4.27. The molecule has 1 atom stereocenters. The molecule has 1 aromatic rings. The lowest BCUT2D eigenvalue weighted by molar-refractivity contribution is 0.199. The standard InChI is InChI=1S/C13H23N3S/c1-12(11-16-6-3-2-4-7-16)9-14-10-13-15-5-8-17-13/h5,8,12,14H,2-4,6-7,9-11H2,1H3. The summed E-state index contributed by atoms with van der Waals surface area (Å²) in [6.45, 7) is 8.19. The number of piperidine rings is 1. The predicted octanol–water partition coefficient (Wildman–Crippen LogP) is 2.35. The first-order valence-corrected chi connectivity index (χ1v) is 7.54. The van der Waals surface area contributed by atoms with Gasteiger partial charge in [-0.2, -0.15) is 0 Å². The van der Waals surface area contributed by atoms with E-state index < -0.39 is 0 Å². The van der Waals surface area contributed by atoms with E-state index in [1.54, 1.807) is 11.3 Å². The highest BCUT2D eigenvalue weighted by Gasteiger charge is 2.13. The summed E-state index contributed by atoms with van der Waals surface area (Å²) >= 11 is 1.73. The zero-order chi connectivity index (χ0) is 11.9. The normalized spacial score (nSPS) is 19.4. The lowest BCUT2D eigenvalue weighted by Crippen LogP contribution is -2.36. The van der Waals surface area contributed by atoms with Crippen LogP contribution in [0.3, 0.4) is 0 Å². The fourth-order valence-electron chi connectivity index (χ4n) is 2.41. The molecule has 1 aliphatic heterocycles. The number of hydrogen-bond acceptors (Lipinski definition) is 4. The Morgan fingerprint density at radius 1 is 1.41 bits per heavy atom. The lowest BCUT2D eigenvalue weighted by atomic mass is 10.1. The van der Waals surface area contributed by atoms with Gasteiger partial charge < -0.3 is 10.2 Å². The first-order chi connectivity index (χ1) is 8.34. The van der Waals surface area contributed by atoms with Crippen LogP contribution in [0.15, 0.2) is 11.6 Å². The third-order valence-electron chi connectivity index (χ3n) is 3.27. The SMILES string of the molecule is CC(CNCc1nccs1)CN1CCCCC1. The van der Waals surface area contributed by atoms with Crippen LogP contribution in [0.5, 0.6) is 0 Å². The van der Waals surface area contributed by atoms with Crippen LogP contribution in [0, 0.1) is 5.92 Å². The zero-order valence-corrected chi connectivity index (χ0v) is 11.5. The van der Waals surface area contributed by atoms with E-state index in [9.17, 15) is 0 Å². The molecule has 1 fully saturated rings. The Balaban J connectivity index is 1.58. The predicted molar refractivity (Wildman–Crippen MR) is 73.3 cm³/mol. The van der Waals surface area contributed by atoms with Gasteiger partial charge in [0.2, 0.25) is 0 Å². The van der Waals surface area contributed by atoms with Crippen LogP contribution < -0.4 is 5.32 Å². The average Bonchev–Trinajstić information content (AvgIpc) is 2.83. The second kappa shape index (κ2) is 7.09. The largest absolute Gasteiger partial charge is 0.310 e. The maximum atomic E-state index is 4.27. The lowest BCUT2D eigenvalue weighted by Gasteiger charge is -2.29. The molecule has 1 N–H and O–H groups in total. The highest BCUT2D eigenvalue weighted by Crippen LogP contribution is 2.10. The number of nitrogens with one attached hydrogen (secondary N) is 1. The Morgan fingerprint density at radius 3 is 2.94 bits per heavy atom. The highest BCUT2D eigenvalue weighted by atomic mass is 32.1. The number of nitrogens with zero attached hydrogens (tertiary/aromatic N) is 2. The molecule has 0 radical (unpaired) electrons. The second-order valence-corrected chi connectivity index (χ2v) is 6.00. The molecule has 17 heavy (non-hydrogen) atoms. The summed E-state index contributed by atoms with van der Waals surface area (Å²) < 4.78 is 0. The van der Waals surface area contributed by atoms with Crippen molar-refractivity contribution in [3.63, 3.8) is 0 Å². The van der Waals surface area contributed by atoms with Crippen LogP contribution in [0.4, 0.5) is 0 Å². The molecule has 0 aliphatic carbocycles. The van der Waals surface area contributed by atoms with E-state index in [0.717, 1.165) is 19.0 Å². The molecule has 3 nitrogen and oxygen atoms in total. The Labute approximate surface area is 108 Å². The summed E-state index contributed by atoms with van der Waals surface area (Å²) in [6, 6.07) is 0. The van der Waals surface area contributed by atoms with Crippen molar-refractivity contribution < 1.29 is 0 Å². The maximum Gasteiger partial charge on any atom is 0.106 e. The molecular formula is C13H23N3S. The van der Waals surface area contributed by atoms with Crippen molar-refractivity contribution >= 4 is 11.3 Å². The van der Waals surface area contributed by atoms with Crippen molar-refractivity contribution in [1.82, 2.24) is 15.2 Å². The van der Waals surface area contributed by atoms with Gasteiger partial charge in [-0.25, -0.2) is 4.98 Å². The molecule has 96 valence electrons. The molecule has 0 saturated carbocycles. The van der Waals surface area contributed by atoms with E-state index in [4.69, 9.17) is 0 Å². The summed E-state index contributed by atoms with van der Waals surface area (Å²) in [5, 5.41) is 6.72. The minimum absolute atomic E-state index is 0.730. The van der Waals surface area contributed by atoms with Gasteiger partial charge in [0.05, 0.1) is 0 Å². The summed E-state index contributed by atoms with van der Waals surface area (Å²) in [5.41, 5.74) is 0. The van der Waals surface area contributed by atoms with E-state index >= 15 is 0 Å². The van der Waals surface area contributed by atoms with Crippen molar-refractivity contribution in [2.45, 2.75) is 32.7 Å². The molecule has 1 aromatic heterocycles. The zero-order valence-electron chi connectivity index (χ0n) is 10.7. The van der Waals surface area contributed by atoms with E-state index in [2.05, 4.69) is 22.1 Å².